The zero-order chi connectivity index (χ0) is 32.3. The number of carbonyl (C=O) groups is 3. The van der Waals surface area contributed by atoms with Crippen molar-refractivity contribution >= 4 is 35.1 Å². The first-order valence-corrected chi connectivity index (χ1v) is 15.0. The topological polar surface area (TPSA) is 109 Å². The fraction of sp³-hybridized carbons (Fsp3) is 0.382. The molecule has 10 nitrogen and oxygen atoms in total. The second-order valence-corrected chi connectivity index (χ2v) is 13.7. The average molecular weight is 613 g/mol. The third kappa shape index (κ3) is 5.86. The third-order valence-corrected chi connectivity index (χ3v) is 8.26. The Kier molecular flexibility index (Phi) is 7.37. The van der Waals surface area contributed by atoms with Crippen LogP contribution < -0.4 is 5.32 Å². The molecule has 1 atom stereocenters. The van der Waals surface area contributed by atoms with E-state index >= 15 is 0 Å². The lowest BCUT2D eigenvalue weighted by atomic mass is 9.84. The summed E-state index contributed by atoms with van der Waals surface area (Å²) in [7, 11) is 1.79. The first-order valence-electron chi connectivity index (χ1n) is 15.0. The Labute approximate surface area is 261 Å². The molecule has 45 heavy (non-hydrogen) atoms. The average Bonchev–Trinajstić information content (AvgIpc) is 3.63. The summed E-state index contributed by atoms with van der Waals surface area (Å²) in [5.74, 6) is -0.568. The number of rotatable bonds is 6. The van der Waals surface area contributed by atoms with Gasteiger partial charge in [-0.1, -0.05) is 32.9 Å². The summed E-state index contributed by atoms with van der Waals surface area (Å²) in [6.45, 7) is 10.6. The van der Waals surface area contributed by atoms with Crippen molar-refractivity contribution in [3.05, 3.63) is 77.5 Å². The molecule has 3 amide bonds. The predicted octanol–water partition coefficient (Wildman–Crippen LogP) is 6.53. The molecule has 4 aromatic rings. The zero-order valence-electron chi connectivity index (χ0n) is 26.3. The van der Waals surface area contributed by atoms with Gasteiger partial charge in [-0.25, -0.2) is 24.1 Å². The van der Waals surface area contributed by atoms with Gasteiger partial charge < -0.3 is 15.0 Å². The van der Waals surface area contributed by atoms with E-state index in [-0.39, 0.29) is 23.8 Å². The molecule has 1 fully saturated rings. The number of pyridine rings is 2. The highest BCUT2D eigenvalue weighted by atomic mass is 19.1. The number of likely N-dealkylation sites (N-methyl/N-ethyl adjacent to an activating group) is 1. The molecule has 0 bridgehead atoms. The van der Waals surface area contributed by atoms with Crippen molar-refractivity contribution in [2.45, 2.75) is 65.5 Å². The number of likely N-dealkylation sites (tertiary alicyclic amines) is 1. The molecule has 3 aromatic heterocycles. The highest BCUT2D eigenvalue weighted by Crippen LogP contribution is 2.40. The van der Waals surface area contributed by atoms with Gasteiger partial charge in [0.25, 0.3) is 5.91 Å². The molecule has 2 aliphatic rings. The van der Waals surface area contributed by atoms with Gasteiger partial charge >= 0.3 is 6.09 Å². The number of ether oxygens (including phenoxy) is 1. The molecule has 1 unspecified atom stereocenters. The van der Waals surface area contributed by atoms with Crippen molar-refractivity contribution in [2.24, 2.45) is 5.41 Å². The molecule has 1 aromatic carbocycles. The fourth-order valence-corrected chi connectivity index (χ4v) is 6.63. The predicted molar refractivity (Wildman–Crippen MR) is 168 cm³/mol. The van der Waals surface area contributed by atoms with Crippen LogP contribution in [0.1, 0.15) is 74.9 Å². The Morgan fingerprint density at radius 3 is 2.51 bits per heavy atom. The van der Waals surface area contributed by atoms with Crippen LogP contribution in [0.2, 0.25) is 0 Å². The number of imidazole rings is 1. The SMILES string of the molecule is CN1CCC(c2ccc(Nc3ccc(-c4cnc5cc(F)ccn45)c4c3C(=O)N(C(=O)OC(C)(C)CC(C)(C)C)C4)nc2)C1=O. The van der Waals surface area contributed by atoms with Crippen molar-refractivity contribution in [2.75, 3.05) is 18.9 Å². The summed E-state index contributed by atoms with van der Waals surface area (Å²) in [5.41, 5.74) is 3.08. The van der Waals surface area contributed by atoms with Gasteiger partial charge in [0.2, 0.25) is 5.91 Å². The number of fused-ring (bicyclic) bond motifs is 2. The number of benzene rings is 1. The van der Waals surface area contributed by atoms with Crippen LogP contribution in [0, 0.1) is 11.2 Å². The lowest BCUT2D eigenvalue weighted by Crippen LogP contribution is -2.40. The maximum absolute atomic E-state index is 14.0. The van der Waals surface area contributed by atoms with E-state index in [9.17, 15) is 18.8 Å². The van der Waals surface area contributed by atoms with Gasteiger partial charge in [-0.05, 0) is 61.4 Å². The van der Waals surface area contributed by atoms with E-state index in [0.29, 0.717) is 52.5 Å². The van der Waals surface area contributed by atoms with Crippen LogP contribution in [-0.4, -0.2) is 61.3 Å². The molecule has 234 valence electrons. The molecule has 0 radical (unpaired) electrons. The summed E-state index contributed by atoms with van der Waals surface area (Å²) >= 11 is 0. The first-order chi connectivity index (χ1) is 21.2. The smallest absolute Gasteiger partial charge is 0.417 e. The lowest BCUT2D eigenvalue weighted by molar-refractivity contribution is -0.127. The van der Waals surface area contributed by atoms with Crippen LogP contribution >= 0.6 is 0 Å². The second-order valence-electron chi connectivity index (χ2n) is 13.7. The minimum Gasteiger partial charge on any atom is -0.443 e. The molecule has 11 heteroatoms. The number of hydrogen-bond acceptors (Lipinski definition) is 7. The van der Waals surface area contributed by atoms with E-state index in [2.05, 4.69) is 36.1 Å². The highest BCUT2D eigenvalue weighted by Gasteiger charge is 2.40. The summed E-state index contributed by atoms with van der Waals surface area (Å²) < 4.78 is 21.6. The first kappa shape index (κ1) is 30.2. The van der Waals surface area contributed by atoms with Crippen molar-refractivity contribution in [1.82, 2.24) is 24.2 Å². The van der Waals surface area contributed by atoms with Gasteiger partial charge in [-0.3, -0.25) is 14.0 Å². The van der Waals surface area contributed by atoms with E-state index in [1.165, 1.54) is 12.1 Å². The number of anilines is 2. The fourth-order valence-electron chi connectivity index (χ4n) is 6.63. The van der Waals surface area contributed by atoms with Crippen molar-refractivity contribution in [3.8, 4) is 11.3 Å². The number of imide groups is 1. The van der Waals surface area contributed by atoms with Crippen LogP contribution in [0.4, 0.5) is 20.7 Å². The number of aromatic nitrogens is 3. The standard InChI is InChI=1S/C34H37FN6O4/c1-33(2,3)19-34(4,5)45-32(44)41-18-24-23(26-17-37-28-15-21(35)11-14-40(26)28)8-9-25(29(24)31(41)43)38-27-10-7-20(16-36-27)22-12-13-39(6)30(22)42/h7-11,14-17,22H,12-13,18-19H2,1-6H3,(H,36,38). The summed E-state index contributed by atoms with van der Waals surface area (Å²) in [5, 5.41) is 3.25. The van der Waals surface area contributed by atoms with Crippen LogP contribution in [0.5, 0.6) is 0 Å². The Balaban J connectivity index is 1.35. The van der Waals surface area contributed by atoms with Crippen LogP contribution in [-0.2, 0) is 16.1 Å². The maximum Gasteiger partial charge on any atom is 0.417 e. The number of amides is 3. The van der Waals surface area contributed by atoms with Crippen molar-refractivity contribution < 1.29 is 23.5 Å². The van der Waals surface area contributed by atoms with E-state index in [0.717, 1.165) is 16.9 Å². The molecule has 5 heterocycles. The zero-order valence-corrected chi connectivity index (χ0v) is 26.3. The van der Waals surface area contributed by atoms with Gasteiger partial charge in [0.05, 0.1) is 35.6 Å². The second kappa shape index (κ2) is 11.0. The minimum atomic E-state index is -0.804. The molecule has 1 saturated heterocycles. The maximum atomic E-state index is 14.0. The third-order valence-electron chi connectivity index (χ3n) is 8.26. The number of hydrogen-bond donors (Lipinski definition) is 1. The Bertz CT molecular complexity index is 1820. The molecule has 0 aliphatic carbocycles. The largest absolute Gasteiger partial charge is 0.443 e. The number of nitrogens with one attached hydrogen (secondary N) is 1. The quantitative estimate of drug-likeness (QED) is 0.264. The summed E-state index contributed by atoms with van der Waals surface area (Å²) in [6.07, 6.45) is 5.50. The van der Waals surface area contributed by atoms with E-state index < -0.39 is 23.4 Å². The normalized spacial score (nSPS) is 16.9. The summed E-state index contributed by atoms with van der Waals surface area (Å²) in [4.78, 5) is 51.7. The molecule has 0 saturated carbocycles. The number of carbonyl (C=O) groups excluding carboxylic acids is 3. The van der Waals surface area contributed by atoms with Gasteiger partial charge in [0.1, 0.15) is 22.9 Å². The number of nitrogens with zero attached hydrogens (tertiary/aromatic N) is 5. The van der Waals surface area contributed by atoms with Gasteiger partial charge in [0.15, 0.2) is 0 Å². The van der Waals surface area contributed by atoms with E-state index in [4.69, 9.17) is 4.74 Å². The van der Waals surface area contributed by atoms with Crippen molar-refractivity contribution in [3.63, 3.8) is 0 Å². The van der Waals surface area contributed by atoms with E-state index in [1.54, 1.807) is 47.1 Å². The monoisotopic (exact) mass is 612 g/mol. The molecule has 6 rings (SSSR count). The van der Waals surface area contributed by atoms with Gasteiger partial charge in [-0.15, -0.1) is 0 Å². The van der Waals surface area contributed by atoms with Crippen LogP contribution in [0.15, 0.2) is 55.0 Å². The van der Waals surface area contributed by atoms with Crippen LogP contribution in [0.3, 0.4) is 0 Å². The van der Waals surface area contributed by atoms with Crippen molar-refractivity contribution in [1.29, 1.82) is 0 Å². The molecule has 1 N–H and O–H groups in total. The Hall–Kier alpha value is -4.80. The number of halogens is 1. The lowest BCUT2D eigenvalue weighted by Gasteiger charge is -2.33. The minimum absolute atomic E-state index is 0.0123. The molecule has 0 spiro atoms. The van der Waals surface area contributed by atoms with Gasteiger partial charge in [-0.2, -0.15) is 0 Å². The van der Waals surface area contributed by atoms with E-state index in [1.807, 2.05) is 26.0 Å². The van der Waals surface area contributed by atoms with Crippen LogP contribution in [0.25, 0.3) is 16.9 Å². The van der Waals surface area contributed by atoms with Gasteiger partial charge in [0, 0.05) is 37.6 Å². The molecule has 2 aliphatic heterocycles. The highest BCUT2D eigenvalue weighted by molar-refractivity contribution is 6.11. The Morgan fingerprint density at radius 2 is 1.84 bits per heavy atom. The Morgan fingerprint density at radius 1 is 1.07 bits per heavy atom. The molecular formula is C34H37FN6O4. The summed E-state index contributed by atoms with van der Waals surface area (Å²) in [6, 6.07) is 9.93. The molecular weight excluding hydrogens is 575 g/mol.